The van der Waals surface area contributed by atoms with Crippen LogP contribution in [0.15, 0.2) is 22.7 Å². The van der Waals surface area contributed by atoms with Gasteiger partial charge in [0.2, 0.25) is 0 Å². The predicted molar refractivity (Wildman–Crippen MR) is 74.8 cm³/mol. The minimum atomic E-state index is -0.154. The maximum Gasteiger partial charge on any atom is 0.270 e. The van der Waals surface area contributed by atoms with Gasteiger partial charge in [-0.2, -0.15) is 0 Å². The molecule has 4 heterocycles. The summed E-state index contributed by atoms with van der Waals surface area (Å²) in [5, 5.41) is 7.66. The molecule has 0 spiro atoms. The van der Waals surface area contributed by atoms with Crippen molar-refractivity contribution in [1.29, 1.82) is 0 Å². The Balaban J connectivity index is 1.54. The van der Waals surface area contributed by atoms with Crippen LogP contribution in [0.3, 0.4) is 0 Å². The molecule has 0 aliphatic carbocycles. The van der Waals surface area contributed by atoms with Crippen molar-refractivity contribution in [3.05, 3.63) is 29.2 Å². The van der Waals surface area contributed by atoms with Gasteiger partial charge < -0.3 is 15.1 Å². The number of nitrogens with zero attached hydrogens (tertiary/aromatic N) is 1. The van der Waals surface area contributed by atoms with Gasteiger partial charge in [0, 0.05) is 41.8 Å². The predicted octanol–water partition coefficient (Wildman–Crippen LogP) is 2.10. The molecule has 2 aromatic rings. The number of carbonyl (C=O) groups is 1. The van der Waals surface area contributed by atoms with Crippen LogP contribution in [-0.4, -0.2) is 29.0 Å². The maximum absolute atomic E-state index is 12.3. The van der Waals surface area contributed by atoms with Crippen LogP contribution < -0.4 is 10.6 Å². The Morgan fingerprint density at radius 2 is 2.35 bits per heavy atom. The zero-order valence-electron chi connectivity index (χ0n) is 10.7. The van der Waals surface area contributed by atoms with E-state index < -0.39 is 0 Å². The first kappa shape index (κ1) is 12.2. The van der Waals surface area contributed by atoms with Crippen molar-refractivity contribution in [2.45, 2.75) is 37.4 Å². The zero-order valence-corrected chi connectivity index (χ0v) is 11.5. The van der Waals surface area contributed by atoms with E-state index in [0.717, 1.165) is 18.2 Å². The number of fused-ring (bicyclic) bond motifs is 3. The quantitative estimate of drug-likeness (QED) is 0.889. The Hall–Kier alpha value is -1.59. The van der Waals surface area contributed by atoms with Gasteiger partial charge in [0.15, 0.2) is 5.22 Å². The molecule has 5 nitrogen and oxygen atoms in total. The fourth-order valence-electron chi connectivity index (χ4n) is 3.25. The fraction of sp³-hybridized carbons (Fsp3) is 0.429. The number of halogens is 1. The fourth-order valence-corrected chi connectivity index (χ4v) is 3.45. The van der Waals surface area contributed by atoms with E-state index in [1.54, 1.807) is 18.3 Å². The van der Waals surface area contributed by atoms with Crippen LogP contribution in [0.1, 0.15) is 29.8 Å². The van der Waals surface area contributed by atoms with E-state index in [4.69, 9.17) is 16.0 Å². The highest BCUT2D eigenvalue weighted by molar-refractivity contribution is 6.29. The van der Waals surface area contributed by atoms with E-state index in [1.807, 2.05) is 0 Å². The number of hydrogen-bond donors (Lipinski definition) is 2. The number of nitrogens with one attached hydrogen (secondary N) is 2. The first-order valence-electron chi connectivity index (χ1n) is 6.81. The van der Waals surface area contributed by atoms with Crippen LogP contribution in [-0.2, 0) is 0 Å². The average Bonchev–Trinajstić information content (AvgIpc) is 3.10. The molecule has 2 aliphatic rings. The van der Waals surface area contributed by atoms with E-state index in [2.05, 4.69) is 15.6 Å². The standard InChI is InChI=1S/C14H14ClN3O2/c15-13-3-7-6-16-11(5-12(7)20-13)14(19)18-10-4-8-1-2-9(10)17-8/h3,5-6,8-10,17H,1-2,4H2,(H,18,19)/t8-,9+,10-/m1/s1. The third kappa shape index (κ3) is 1.98. The van der Waals surface area contributed by atoms with E-state index in [0.29, 0.717) is 28.6 Å². The highest BCUT2D eigenvalue weighted by Crippen LogP contribution is 2.28. The normalized spacial score (nSPS) is 28.1. The monoisotopic (exact) mass is 291 g/mol. The molecule has 2 aliphatic heterocycles. The molecule has 2 aromatic heterocycles. The summed E-state index contributed by atoms with van der Waals surface area (Å²) < 4.78 is 5.31. The minimum absolute atomic E-state index is 0.154. The first-order chi connectivity index (χ1) is 9.69. The molecule has 0 aromatic carbocycles. The summed E-state index contributed by atoms with van der Waals surface area (Å²) in [6, 6.07) is 4.50. The summed E-state index contributed by atoms with van der Waals surface area (Å²) >= 11 is 5.79. The molecule has 4 rings (SSSR count). The second-order valence-electron chi connectivity index (χ2n) is 5.52. The molecule has 0 unspecified atom stereocenters. The number of rotatable bonds is 2. The average molecular weight is 292 g/mol. The summed E-state index contributed by atoms with van der Waals surface area (Å²) in [5.41, 5.74) is 0.951. The largest absolute Gasteiger partial charge is 0.445 e. The lowest BCUT2D eigenvalue weighted by molar-refractivity contribution is 0.0926. The summed E-state index contributed by atoms with van der Waals surface area (Å²) in [4.78, 5) is 16.4. The lowest BCUT2D eigenvalue weighted by atomic mass is 9.95. The summed E-state index contributed by atoms with van der Waals surface area (Å²) in [7, 11) is 0. The number of hydrogen-bond acceptors (Lipinski definition) is 4. The third-order valence-electron chi connectivity index (χ3n) is 4.22. The van der Waals surface area contributed by atoms with Crippen molar-refractivity contribution in [3.63, 3.8) is 0 Å². The smallest absolute Gasteiger partial charge is 0.270 e. The lowest BCUT2D eigenvalue weighted by Gasteiger charge is -2.21. The highest BCUT2D eigenvalue weighted by atomic mass is 35.5. The molecule has 0 radical (unpaired) electrons. The Morgan fingerprint density at radius 1 is 1.45 bits per heavy atom. The number of furan rings is 1. The molecular weight excluding hydrogens is 278 g/mol. The summed E-state index contributed by atoms with van der Waals surface area (Å²) in [6.07, 6.45) is 4.96. The molecule has 104 valence electrons. The van der Waals surface area contributed by atoms with E-state index in [1.165, 1.54) is 6.42 Å². The van der Waals surface area contributed by atoms with E-state index >= 15 is 0 Å². The topological polar surface area (TPSA) is 67.2 Å². The van der Waals surface area contributed by atoms with Gasteiger partial charge in [0.1, 0.15) is 11.3 Å². The first-order valence-corrected chi connectivity index (χ1v) is 7.19. The Labute approximate surface area is 120 Å². The molecule has 2 N–H and O–H groups in total. The summed E-state index contributed by atoms with van der Waals surface area (Å²) in [6.45, 7) is 0. The van der Waals surface area contributed by atoms with Crippen LogP contribution in [0.25, 0.3) is 11.0 Å². The molecule has 6 heteroatoms. The molecule has 2 saturated heterocycles. The molecule has 0 saturated carbocycles. The lowest BCUT2D eigenvalue weighted by Crippen LogP contribution is -2.43. The van der Waals surface area contributed by atoms with Crippen molar-refractivity contribution >= 4 is 28.5 Å². The van der Waals surface area contributed by atoms with Crippen molar-refractivity contribution in [1.82, 2.24) is 15.6 Å². The van der Waals surface area contributed by atoms with Gasteiger partial charge in [-0.25, -0.2) is 0 Å². The summed E-state index contributed by atoms with van der Waals surface area (Å²) in [5.74, 6) is -0.154. The van der Waals surface area contributed by atoms with Crippen LogP contribution in [0.2, 0.25) is 5.22 Å². The van der Waals surface area contributed by atoms with Crippen LogP contribution in [0.5, 0.6) is 0 Å². The number of aromatic nitrogens is 1. The van der Waals surface area contributed by atoms with Crippen molar-refractivity contribution in [2.24, 2.45) is 0 Å². The molecule has 3 atom stereocenters. The van der Waals surface area contributed by atoms with Gasteiger partial charge in [0.05, 0.1) is 0 Å². The third-order valence-corrected chi connectivity index (χ3v) is 4.41. The molecule has 2 fully saturated rings. The van der Waals surface area contributed by atoms with E-state index in [9.17, 15) is 4.79 Å². The van der Waals surface area contributed by atoms with Crippen molar-refractivity contribution in [3.8, 4) is 0 Å². The van der Waals surface area contributed by atoms with Crippen LogP contribution >= 0.6 is 11.6 Å². The van der Waals surface area contributed by atoms with Crippen LogP contribution in [0.4, 0.5) is 0 Å². The molecule has 2 bridgehead atoms. The van der Waals surface area contributed by atoms with Crippen LogP contribution in [0, 0.1) is 0 Å². The Kier molecular flexibility index (Phi) is 2.72. The van der Waals surface area contributed by atoms with Gasteiger partial charge >= 0.3 is 0 Å². The molecule has 20 heavy (non-hydrogen) atoms. The SMILES string of the molecule is O=C(N[C@@H]1C[C@H]2CC[C@@H]1N2)c1cc2oc(Cl)cc2cn1. The van der Waals surface area contributed by atoms with E-state index in [-0.39, 0.29) is 11.9 Å². The van der Waals surface area contributed by atoms with Crippen molar-refractivity contribution in [2.75, 3.05) is 0 Å². The second-order valence-corrected chi connectivity index (χ2v) is 5.89. The Morgan fingerprint density at radius 3 is 3.10 bits per heavy atom. The maximum atomic E-state index is 12.3. The van der Waals surface area contributed by atoms with Gasteiger partial charge in [-0.05, 0) is 30.9 Å². The molecular formula is C14H14ClN3O2. The number of carbonyl (C=O) groups excluding carboxylic acids is 1. The molecule has 1 amide bonds. The van der Waals surface area contributed by atoms with Gasteiger partial charge in [-0.1, -0.05) is 0 Å². The zero-order chi connectivity index (χ0) is 13.7. The highest BCUT2D eigenvalue weighted by Gasteiger charge is 2.39. The van der Waals surface area contributed by atoms with Gasteiger partial charge in [-0.15, -0.1) is 0 Å². The van der Waals surface area contributed by atoms with Gasteiger partial charge in [0.25, 0.3) is 5.91 Å². The van der Waals surface area contributed by atoms with Gasteiger partial charge in [-0.3, -0.25) is 9.78 Å². The number of pyridine rings is 1. The van der Waals surface area contributed by atoms with Crippen molar-refractivity contribution < 1.29 is 9.21 Å². The Bertz CT molecular complexity index is 684. The second kappa shape index (κ2) is 4.46. The number of amides is 1. The minimum Gasteiger partial charge on any atom is -0.445 e.